The molecule has 8 heteroatoms. The highest BCUT2D eigenvalue weighted by Crippen LogP contribution is 2.43. The van der Waals surface area contributed by atoms with Gasteiger partial charge in [-0.25, -0.2) is 0 Å². The molecule has 1 aromatic carbocycles. The highest BCUT2D eigenvalue weighted by atomic mass is 35.5. The zero-order valence-electron chi connectivity index (χ0n) is 15.2. The summed E-state index contributed by atoms with van der Waals surface area (Å²) in [5.74, 6) is 0.193. The molecule has 154 valence electrons. The largest absolute Gasteiger partial charge is 0.461 e. The van der Waals surface area contributed by atoms with E-state index in [9.17, 15) is 17.6 Å². The summed E-state index contributed by atoms with van der Waals surface area (Å²) in [5, 5.41) is 3.30. The summed E-state index contributed by atoms with van der Waals surface area (Å²) >= 11 is 0. The molecule has 0 spiro atoms. The third-order valence-corrected chi connectivity index (χ3v) is 5.38. The van der Waals surface area contributed by atoms with Crippen LogP contribution in [0, 0.1) is 5.92 Å². The van der Waals surface area contributed by atoms with Crippen LogP contribution in [-0.2, 0) is 0 Å². The zero-order chi connectivity index (χ0) is 18.6. The lowest BCUT2D eigenvalue weighted by Crippen LogP contribution is -2.47. The minimum atomic E-state index is -4.49. The maximum Gasteiger partial charge on any atom is 0.461 e. The van der Waals surface area contributed by atoms with Gasteiger partial charge < -0.3 is 10.1 Å². The molecule has 2 aliphatic rings. The quantitative estimate of drug-likeness (QED) is 0.677. The van der Waals surface area contributed by atoms with Crippen molar-refractivity contribution in [1.82, 2.24) is 10.2 Å². The summed E-state index contributed by atoms with van der Waals surface area (Å²) in [4.78, 5) is 2.29. The van der Waals surface area contributed by atoms with Gasteiger partial charge in [-0.1, -0.05) is 37.5 Å². The molecule has 1 aliphatic heterocycles. The second kappa shape index (κ2) is 9.94. The minimum Gasteiger partial charge on any atom is -0.428 e. The Bertz CT molecular complexity index is 561. The molecule has 27 heavy (non-hydrogen) atoms. The van der Waals surface area contributed by atoms with Crippen molar-refractivity contribution >= 4 is 12.4 Å². The molecule has 1 saturated carbocycles. The molecule has 1 aromatic rings. The number of para-hydroxylation sites is 1. The summed E-state index contributed by atoms with van der Waals surface area (Å²) < 4.78 is 57.0. The van der Waals surface area contributed by atoms with Gasteiger partial charge in [-0.15, -0.1) is 12.4 Å². The lowest BCUT2D eigenvalue weighted by atomic mass is 9.80. The van der Waals surface area contributed by atoms with Crippen molar-refractivity contribution in [2.45, 2.75) is 50.7 Å². The Morgan fingerprint density at radius 1 is 1.04 bits per heavy atom. The summed E-state index contributed by atoms with van der Waals surface area (Å²) in [6, 6.07) is 6.36. The lowest BCUT2D eigenvalue weighted by molar-refractivity contribution is -0.253. The van der Waals surface area contributed by atoms with Crippen LogP contribution in [0.25, 0.3) is 0 Å². The number of halogens is 5. The molecule has 1 atom stereocenters. The van der Waals surface area contributed by atoms with Crippen molar-refractivity contribution in [3.63, 3.8) is 0 Å². The summed E-state index contributed by atoms with van der Waals surface area (Å²) in [6.07, 6.45) is -2.89. The number of piperazine rings is 1. The van der Waals surface area contributed by atoms with Gasteiger partial charge in [-0.2, -0.15) is 17.6 Å². The first kappa shape index (κ1) is 22.2. The van der Waals surface area contributed by atoms with Crippen LogP contribution in [0.1, 0.15) is 43.7 Å². The number of ether oxygens (including phenoxy) is 1. The monoisotopic (exact) mass is 410 g/mol. The van der Waals surface area contributed by atoms with Gasteiger partial charge in [-0.05, 0) is 24.8 Å². The molecule has 3 rings (SSSR count). The van der Waals surface area contributed by atoms with Crippen LogP contribution in [0.3, 0.4) is 0 Å². The Balaban J connectivity index is 0.00000261. The first-order valence-corrected chi connectivity index (χ1v) is 9.37. The zero-order valence-corrected chi connectivity index (χ0v) is 16.0. The molecule has 0 aromatic heterocycles. The van der Waals surface area contributed by atoms with Gasteiger partial charge in [0.05, 0.1) is 0 Å². The van der Waals surface area contributed by atoms with E-state index >= 15 is 0 Å². The van der Waals surface area contributed by atoms with E-state index in [1.54, 1.807) is 18.2 Å². The highest BCUT2D eigenvalue weighted by molar-refractivity contribution is 5.85. The molecule has 0 bridgehead atoms. The number of hydrogen-bond acceptors (Lipinski definition) is 3. The standard InChI is InChI=1S/C19H26F4N2O.ClH/c20-18(21)19(22,23)26-16-9-5-4-8-15(16)17(14-6-2-1-3-7-14)25-12-10-24-11-13-25;/h4-5,8-9,14,17-18,24H,1-3,6-7,10-13H2;1H/t17-;/m1./s1. The molecule has 0 amide bonds. The van der Waals surface area contributed by atoms with E-state index in [-0.39, 0.29) is 24.2 Å². The van der Waals surface area contributed by atoms with Gasteiger partial charge in [0.2, 0.25) is 0 Å². The lowest BCUT2D eigenvalue weighted by Gasteiger charge is -2.41. The maximum atomic E-state index is 13.6. The van der Waals surface area contributed by atoms with Crippen molar-refractivity contribution in [3.8, 4) is 5.75 Å². The molecule has 1 aliphatic carbocycles. The molecule has 1 saturated heterocycles. The molecule has 1 heterocycles. The van der Waals surface area contributed by atoms with E-state index in [2.05, 4.69) is 15.0 Å². The first-order valence-electron chi connectivity index (χ1n) is 9.37. The highest BCUT2D eigenvalue weighted by Gasteiger charge is 2.45. The van der Waals surface area contributed by atoms with Gasteiger partial charge in [0, 0.05) is 37.8 Å². The van der Waals surface area contributed by atoms with Crippen molar-refractivity contribution in [2.75, 3.05) is 26.2 Å². The molecule has 0 radical (unpaired) electrons. The van der Waals surface area contributed by atoms with Crippen LogP contribution >= 0.6 is 12.4 Å². The predicted octanol–water partition coefficient (Wildman–Crippen LogP) is 4.87. The number of nitrogens with zero attached hydrogens (tertiary/aromatic N) is 1. The maximum absolute atomic E-state index is 13.6. The normalized spacial score (nSPS) is 20.9. The molecule has 1 N–H and O–H groups in total. The summed E-state index contributed by atoms with van der Waals surface area (Å²) in [6.45, 7) is 3.28. The third kappa shape index (κ3) is 5.48. The number of benzene rings is 1. The van der Waals surface area contributed by atoms with Crippen molar-refractivity contribution in [1.29, 1.82) is 0 Å². The summed E-state index contributed by atoms with van der Waals surface area (Å²) in [7, 11) is 0. The van der Waals surface area contributed by atoms with Crippen LogP contribution in [0.4, 0.5) is 17.6 Å². The van der Waals surface area contributed by atoms with E-state index in [1.807, 2.05) is 0 Å². The third-order valence-electron chi connectivity index (χ3n) is 5.38. The van der Waals surface area contributed by atoms with Crippen LogP contribution in [0.15, 0.2) is 24.3 Å². The van der Waals surface area contributed by atoms with Gasteiger partial charge in [0.15, 0.2) is 0 Å². The Hall–Kier alpha value is -1.05. The van der Waals surface area contributed by atoms with E-state index in [0.717, 1.165) is 51.9 Å². The topological polar surface area (TPSA) is 24.5 Å². The first-order chi connectivity index (χ1) is 12.5. The van der Waals surface area contributed by atoms with Crippen molar-refractivity contribution < 1.29 is 22.3 Å². The minimum absolute atomic E-state index is 0. The van der Waals surface area contributed by atoms with Crippen molar-refractivity contribution in [2.24, 2.45) is 5.92 Å². The second-order valence-corrected chi connectivity index (χ2v) is 7.13. The fraction of sp³-hybridized carbons (Fsp3) is 0.684. The summed E-state index contributed by atoms with van der Waals surface area (Å²) in [5.41, 5.74) is 0.599. The smallest absolute Gasteiger partial charge is 0.428 e. The average molecular weight is 411 g/mol. The SMILES string of the molecule is Cl.FC(F)C(F)(F)Oc1ccccc1[C@@H](C1CCCCC1)N1CCNCC1. The number of hydrogen-bond donors (Lipinski definition) is 1. The van der Waals surface area contributed by atoms with E-state index in [0.29, 0.717) is 11.5 Å². The van der Waals surface area contributed by atoms with E-state index < -0.39 is 12.5 Å². The average Bonchev–Trinajstić information content (AvgIpc) is 2.65. The number of rotatable bonds is 6. The Morgan fingerprint density at radius 3 is 2.30 bits per heavy atom. The molecular formula is C19H27ClF4N2O. The van der Waals surface area contributed by atoms with Crippen LogP contribution < -0.4 is 10.1 Å². The predicted molar refractivity (Wildman–Crippen MR) is 99.0 cm³/mol. The van der Waals surface area contributed by atoms with Crippen molar-refractivity contribution in [3.05, 3.63) is 29.8 Å². The molecular weight excluding hydrogens is 384 g/mol. The van der Waals surface area contributed by atoms with Crippen LogP contribution in [0.5, 0.6) is 5.75 Å². The number of nitrogens with one attached hydrogen (secondary N) is 1. The number of alkyl halides is 4. The fourth-order valence-electron chi connectivity index (χ4n) is 4.17. The van der Waals surface area contributed by atoms with E-state index in [4.69, 9.17) is 0 Å². The Morgan fingerprint density at radius 2 is 1.67 bits per heavy atom. The molecule has 2 fully saturated rings. The van der Waals surface area contributed by atoms with Gasteiger partial charge in [0.25, 0.3) is 0 Å². The van der Waals surface area contributed by atoms with Gasteiger partial charge in [0.1, 0.15) is 5.75 Å². The van der Waals surface area contributed by atoms with Gasteiger partial charge in [-0.3, -0.25) is 4.90 Å². The fourth-order valence-corrected chi connectivity index (χ4v) is 4.17. The van der Waals surface area contributed by atoms with E-state index in [1.165, 1.54) is 12.5 Å². The molecule has 0 unspecified atom stereocenters. The van der Waals surface area contributed by atoms with Crippen LogP contribution in [0.2, 0.25) is 0 Å². The molecule has 3 nitrogen and oxygen atoms in total. The van der Waals surface area contributed by atoms with Crippen LogP contribution in [-0.4, -0.2) is 43.6 Å². The second-order valence-electron chi connectivity index (χ2n) is 7.13. The Labute approximate surface area is 163 Å². The Kier molecular flexibility index (Phi) is 8.19. The van der Waals surface area contributed by atoms with Gasteiger partial charge >= 0.3 is 12.5 Å².